The van der Waals surface area contributed by atoms with Gasteiger partial charge in [0.15, 0.2) is 0 Å². The Hall–Kier alpha value is -1.49. The molecule has 0 aliphatic heterocycles. The summed E-state index contributed by atoms with van der Waals surface area (Å²) in [5.74, 6) is 2.79. The van der Waals surface area contributed by atoms with Crippen LogP contribution in [0.5, 0.6) is 0 Å². The Kier molecular flexibility index (Phi) is 2.41. The van der Waals surface area contributed by atoms with Crippen molar-refractivity contribution in [1.29, 1.82) is 0 Å². The highest BCUT2D eigenvalue weighted by atomic mass is 19.1. The molecule has 0 bridgehead atoms. The molecule has 1 saturated carbocycles. The minimum atomic E-state index is -0.116. The van der Waals surface area contributed by atoms with Crippen molar-refractivity contribution in [3.63, 3.8) is 0 Å². The number of anilines is 1. The third kappa shape index (κ3) is 1.88. The molecule has 2 heteroatoms. The zero-order valence-corrected chi connectivity index (χ0v) is 7.89. The molecule has 1 aromatic carbocycles. The highest BCUT2D eigenvalue weighted by molar-refractivity contribution is 5.47. The van der Waals surface area contributed by atoms with Crippen molar-refractivity contribution < 1.29 is 4.39 Å². The van der Waals surface area contributed by atoms with Crippen molar-refractivity contribution in [1.82, 2.24) is 0 Å². The smallest absolute Gasteiger partial charge is 0.128 e. The van der Waals surface area contributed by atoms with E-state index in [1.807, 2.05) is 12.1 Å². The summed E-state index contributed by atoms with van der Waals surface area (Å²) < 4.78 is 13.5. The van der Waals surface area contributed by atoms with Gasteiger partial charge < -0.3 is 5.32 Å². The lowest BCUT2D eigenvalue weighted by molar-refractivity contribution is 0.611. The third-order valence-corrected chi connectivity index (χ3v) is 2.41. The van der Waals surface area contributed by atoms with Crippen LogP contribution in [0, 0.1) is 18.2 Å². The number of nitrogens with one attached hydrogen (secondary N) is 1. The van der Waals surface area contributed by atoms with Crippen LogP contribution in [0.4, 0.5) is 10.1 Å². The summed E-state index contributed by atoms with van der Waals surface area (Å²) in [5, 5.41) is 2.95. The van der Waals surface area contributed by atoms with Crippen LogP contribution in [0.2, 0.25) is 0 Å². The molecule has 0 spiro atoms. The van der Waals surface area contributed by atoms with E-state index < -0.39 is 0 Å². The summed E-state index contributed by atoms with van der Waals surface area (Å²) >= 11 is 0. The topological polar surface area (TPSA) is 12.0 Å². The number of rotatable bonds is 3. The molecule has 2 rings (SSSR count). The van der Waals surface area contributed by atoms with Gasteiger partial charge in [-0.3, -0.25) is 0 Å². The van der Waals surface area contributed by atoms with Crippen LogP contribution in [0.25, 0.3) is 0 Å². The summed E-state index contributed by atoms with van der Waals surface area (Å²) in [7, 11) is 0. The first kappa shape index (κ1) is 9.08. The Labute approximate surface area is 83.3 Å². The predicted molar refractivity (Wildman–Crippen MR) is 55.7 cm³/mol. The van der Waals surface area contributed by atoms with E-state index in [0.29, 0.717) is 12.5 Å². The quantitative estimate of drug-likeness (QED) is 0.721. The minimum absolute atomic E-state index is 0.116. The van der Waals surface area contributed by atoms with Crippen LogP contribution in [0.3, 0.4) is 0 Å². The first-order valence-electron chi connectivity index (χ1n) is 4.78. The van der Waals surface area contributed by atoms with Crippen molar-refractivity contribution >= 4 is 5.69 Å². The van der Waals surface area contributed by atoms with Gasteiger partial charge in [-0.15, -0.1) is 6.42 Å². The summed E-state index contributed by atoms with van der Waals surface area (Å²) in [6.07, 6.45) is 7.33. The molecule has 0 heterocycles. The van der Waals surface area contributed by atoms with E-state index in [4.69, 9.17) is 6.42 Å². The average molecular weight is 189 g/mol. The van der Waals surface area contributed by atoms with Crippen LogP contribution < -0.4 is 5.32 Å². The van der Waals surface area contributed by atoms with E-state index in [1.165, 1.54) is 6.07 Å². The Morgan fingerprint density at radius 2 is 2.29 bits per heavy atom. The molecular formula is C12H12FN. The first-order chi connectivity index (χ1) is 6.81. The SMILES string of the molecule is C#CCNc1ccc(C2CC2)c(F)c1. The van der Waals surface area contributed by atoms with Gasteiger partial charge in [0.25, 0.3) is 0 Å². The Bertz CT molecular complexity index is 374. The van der Waals surface area contributed by atoms with Crippen LogP contribution in [0.15, 0.2) is 18.2 Å². The van der Waals surface area contributed by atoms with Crippen molar-refractivity contribution in [3.05, 3.63) is 29.6 Å². The molecule has 72 valence electrons. The van der Waals surface area contributed by atoms with Crippen LogP contribution >= 0.6 is 0 Å². The maximum atomic E-state index is 13.5. The van der Waals surface area contributed by atoms with E-state index in [2.05, 4.69) is 11.2 Å². The summed E-state index contributed by atoms with van der Waals surface area (Å²) in [6.45, 7) is 0.433. The van der Waals surface area contributed by atoms with Crippen LogP contribution in [0.1, 0.15) is 24.3 Å². The van der Waals surface area contributed by atoms with E-state index in [9.17, 15) is 4.39 Å². The van der Waals surface area contributed by atoms with Crippen LogP contribution in [-0.2, 0) is 0 Å². The Morgan fingerprint density at radius 1 is 1.50 bits per heavy atom. The third-order valence-electron chi connectivity index (χ3n) is 2.41. The van der Waals surface area contributed by atoms with Crippen molar-refractivity contribution in [3.8, 4) is 12.3 Å². The van der Waals surface area contributed by atoms with Crippen molar-refractivity contribution in [2.24, 2.45) is 0 Å². The molecule has 0 saturated heterocycles. The second-order valence-corrected chi connectivity index (χ2v) is 3.57. The normalized spacial score (nSPS) is 14.9. The standard InChI is InChI=1S/C12H12FN/c1-2-7-14-10-5-6-11(9-3-4-9)12(13)8-10/h1,5-6,8-9,14H,3-4,7H2. The molecule has 1 aliphatic rings. The van der Waals surface area contributed by atoms with E-state index in [0.717, 1.165) is 24.1 Å². The second kappa shape index (κ2) is 3.71. The molecule has 1 N–H and O–H groups in total. The fourth-order valence-electron chi connectivity index (χ4n) is 1.52. The molecule has 0 unspecified atom stereocenters. The van der Waals surface area contributed by atoms with Crippen molar-refractivity contribution in [2.45, 2.75) is 18.8 Å². The summed E-state index contributed by atoms with van der Waals surface area (Å²) in [6, 6.07) is 5.25. The van der Waals surface area contributed by atoms with Gasteiger partial charge in [-0.2, -0.15) is 0 Å². The average Bonchev–Trinajstić information content (AvgIpc) is 2.98. The highest BCUT2D eigenvalue weighted by Crippen LogP contribution is 2.41. The summed E-state index contributed by atoms with van der Waals surface area (Å²) in [4.78, 5) is 0. The molecule has 1 aromatic rings. The van der Waals surface area contributed by atoms with Gasteiger partial charge in [-0.05, 0) is 36.5 Å². The van der Waals surface area contributed by atoms with E-state index in [-0.39, 0.29) is 5.82 Å². The highest BCUT2D eigenvalue weighted by Gasteiger charge is 2.26. The monoisotopic (exact) mass is 189 g/mol. The fourth-order valence-corrected chi connectivity index (χ4v) is 1.52. The second-order valence-electron chi connectivity index (χ2n) is 3.57. The van der Waals surface area contributed by atoms with Crippen LogP contribution in [-0.4, -0.2) is 6.54 Å². The number of benzene rings is 1. The lowest BCUT2D eigenvalue weighted by atomic mass is 10.1. The fraction of sp³-hybridized carbons (Fsp3) is 0.333. The number of terminal acetylenes is 1. The molecule has 1 nitrogen and oxygen atoms in total. The summed E-state index contributed by atoms with van der Waals surface area (Å²) in [5.41, 5.74) is 1.60. The van der Waals surface area contributed by atoms with Gasteiger partial charge in [-0.1, -0.05) is 12.0 Å². The van der Waals surface area contributed by atoms with E-state index >= 15 is 0 Å². The molecule has 0 radical (unpaired) electrons. The molecule has 0 atom stereocenters. The lowest BCUT2D eigenvalue weighted by Crippen LogP contribution is -1.99. The maximum absolute atomic E-state index is 13.5. The van der Waals surface area contributed by atoms with Crippen molar-refractivity contribution in [2.75, 3.05) is 11.9 Å². The molecule has 14 heavy (non-hydrogen) atoms. The molecule has 0 aromatic heterocycles. The molecule has 1 fully saturated rings. The van der Waals surface area contributed by atoms with Gasteiger partial charge in [0, 0.05) is 5.69 Å². The number of hydrogen-bond acceptors (Lipinski definition) is 1. The minimum Gasteiger partial charge on any atom is -0.374 e. The largest absolute Gasteiger partial charge is 0.374 e. The van der Waals surface area contributed by atoms with Gasteiger partial charge in [0.2, 0.25) is 0 Å². The first-order valence-corrected chi connectivity index (χ1v) is 4.78. The molecule has 0 amide bonds. The lowest BCUT2D eigenvalue weighted by Gasteiger charge is -2.05. The van der Waals surface area contributed by atoms with Gasteiger partial charge >= 0.3 is 0 Å². The molecular weight excluding hydrogens is 177 g/mol. The zero-order chi connectivity index (χ0) is 9.97. The Morgan fingerprint density at radius 3 is 2.86 bits per heavy atom. The maximum Gasteiger partial charge on any atom is 0.128 e. The predicted octanol–water partition coefficient (Wildman–Crippen LogP) is 2.75. The number of hydrogen-bond donors (Lipinski definition) is 1. The van der Waals surface area contributed by atoms with Gasteiger partial charge in [-0.25, -0.2) is 4.39 Å². The molecule has 1 aliphatic carbocycles. The zero-order valence-electron chi connectivity index (χ0n) is 7.89. The van der Waals surface area contributed by atoms with E-state index in [1.54, 1.807) is 0 Å². The van der Waals surface area contributed by atoms with Gasteiger partial charge in [0.1, 0.15) is 5.82 Å². The number of halogens is 1. The van der Waals surface area contributed by atoms with Gasteiger partial charge in [0.05, 0.1) is 6.54 Å². The Balaban J connectivity index is 2.14.